The summed E-state index contributed by atoms with van der Waals surface area (Å²) in [6, 6.07) is 0.146. The summed E-state index contributed by atoms with van der Waals surface area (Å²) in [5.41, 5.74) is 10.4. The third-order valence-electron chi connectivity index (χ3n) is 2.09. The van der Waals surface area contributed by atoms with Gasteiger partial charge in [0.05, 0.1) is 12.6 Å². The van der Waals surface area contributed by atoms with Crippen molar-refractivity contribution in [2.45, 2.75) is 19.4 Å². The van der Waals surface area contributed by atoms with Crippen LogP contribution in [0.5, 0.6) is 0 Å². The minimum absolute atomic E-state index is 0.0765. The second-order valence-corrected chi connectivity index (χ2v) is 3.33. The van der Waals surface area contributed by atoms with Gasteiger partial charge in [-0.05, 0) is 13.3 Å². The molecule has 1 aliphatic heterocycles. The number of hydrogen-bond acceptors (Lipinski definition) is 2. The third-order valence-corrected chi connectivity index (χ3v) is 2.09. The zero-order valence-electron chi connectivity index (χ0n) is 8.36. The highest BCUT2D eigenvalue weighted by molar-refractivity contribution is 5.91. The fourth-order valence-electron chi connectivity index (χ4n) is 1.40. The molecule has 0 aliphatic carbocycles. The van der Waals surface area contributed by atoms with E-state index in [-0.39, 0.29) is 18.0 Å². The quantitative estimate of drug-likeness (QED) is 0.355. The number of hydrogen-bond donors (Lipinski definition) is 3. The molecule has 0 radical (unpaired) electrons. The summed E-state index contributed by atoms with van der Waals surface area (Å²) in [7, 11) is 0. The summed E-state index contributed by atoms with van der Waals surface area (Å²) in [6.07, 6.45) is 0.896. The van der Waals surface area contributed by atoms with Gasteiger partial charge >= 0.3 is 0 Å². The molecule has 1 unspecified atom stereocenters. The number of aliphatic imine (C=N–C) groups is 1. The Bertz CT molecular complexity index is 236. The molecule has 1 aliphatic rings. The maximum Gasteiger partial charge on any atom is 0.221 e. The van der Waals surface area contributed by atoms with Crippen molar-refractivity contribution in [1.82, 2.24) is 4.90 Å². The molecule has 0 spiro atoms. The molecule has 1 atom stereocenters. The van der Waals surface area contributed by atoms with Gasteiger partial charge in [-0.15, -0.1) is 0 Å². The maximum atomic E-state index is 7.66. The Morgan fingerprint density at radius 3 is 2.93 bits per heavy atom. The van der Waals surface area contributed by atoms with Gasteiger partial charge in [-0.2, -0.15) is 4.99 Å². The van der Waals surface area contributed by atoms with Gasteiger partial charge in [-0.1, -0.05) is 0 Å². The van der Waals surface area contributed by atoms with Gasteiger partial charge in [0.2, 0.25) is 5.96 Å². The highest BCUT2D eigenvalue weighted by Crippen LogP contribution is 2.07. The molecule has 0 saturated carbocycles. The minimum atomic E-state index is -0.0765. The molecule has 0 amide bonds. The first-order chi connectivity index (χ1) is 6.61. The van der Waals surface area contributed by atoms with Crippen molar-refractivity contribution in [2.75, 3.05) is 19.8 Å². The first kappa shape index (κ1) is 10.8. The molecule has 1 saturated heterocycles. The highest BCUT2D eigenvalue weighted by Gasteiger charge is 2.19. The Morgan fingerprint density at radius 1 is 1.57 bits per heavy atom. The lowest BCUT2D eigenvalue weighted by molar-refractivity contribution is 0.123. The predicted octanol–water partition coefficient (Wildman–Crippen LogP) is -0.695. The van der Waals surface area contributed by atoms with E-state index < -0.39 is 0 Å². The van der Waals surface area contributed by atoms with Gasteiger partial charge in [-0.25, -0.2) is 0 Å². The maximum absolute atomic E-state index is 7.66. The lowest BCUT2D eigenvalue weighted by atomic mass is 10.3. The molecule has 0 aromatic rings. The van der Waals surface area contributed by atoms with Crippen molar-refractivity contribution in [3.8, 4) is 0 Å². The summed E-state index contributed by atoms with van der Waals surface area (Å²) in [6.45, 7) is 4.09. The number of guanidine groups is 2. The molecular formula is C8H17N5O. The van der Waals surface area contributed by atoms with Crippen LogP contribution >= 0.6 is 0 Å². The van der Waals surface area contributed by atoms with E-state index in [4.69, 9.17) is 21.6 Å². The summed E-state index contributed by atoms with van der Waals surface area (Å²) < 4.78 is 5.34. The molecule has 0 aromatic heterocycles. The predicted molar refractivity (Wildman–Crippen MR) is 55.1 cm³/mol. The monoisotopic (exact) mass is 199 g/mol. The van der Waals surface area contributed by atoms with Gasteiger partial charge in [0.15, 0.2) is 5.96 Å². The number of nitrogens with two attached hydrogens (primary N) is 2. The largest absolute Gasteiger partial charge is 0.379 e. The second-order valence-electron chi connectivity index (χ2n) is 3.33. The van der Waals surface area contributed by atoms with E-state index in [0.717, 1.165) is 19.6 Å². The van der Waals surface area contributed by atoms with Crippen LogP contribution in [0.1, 0.15) is 13.3 Å². The van der Waals surface area contributed by atoms with Gasteiger partial charge in [-0.3, -0.25) is 5.41 Å². The van der Waals surface area contributed by atoms with E-state index in [0.29, 0.717) is 6.61 Å². The van der Waals surface area contributed by atoms with Crippen LogP contribution in [-0.2, 0) is 4.74 Å². The Kier molecular flexibility index (Phi) is 3.70. The standard InChI is InChI=1S/C8H17N5O/c1-6-5-14-4-2-3-13(6)8(11)12-7(9)10/h6H,2-5H2,1H3,(H5,9,10,11,12). The average molecular weight is 199 g/mol. The van der Waals surface area contributed by atoms with Crippen LogP contribution in [0.25, 0.3) is 0 Å². The van der Waals surface area contributed by atoms with Gasteiger partial charge < -0.3 is 21.1 Å². The normalized spacial score (nSPS) is 22.6. The topological polar surface area (TPSA) is 101 Å². The zero-order valence-corrected chi connectivity index (χ0v) is 8.36. The lowest BCUT2D eigenvalue weighted by Gasteiger charge is -2.26. The molecule has 5 N–H and O–H groups in total. The van der Waals surface area contributed by atoms with Crippen molar-refractivity contribution in [2.24, 2.45) is 16.5 Å². The number of rotatable bonds is 0. The molecule has 1 heterocycles. The van der Waals surface area contributed by atoms with E-state index >= 15 is 0 Å². The Balaban J connectivity index is 2.63. The van der Waals surface area contributed by atoms with Crippen molar-refractivity contribution in [3.63, 3.8) is 0 Å². The van der Waals surface area contributed by atoms with Gasteiger partial charge in [0.25, 0.3) is 0 Å². The molecule has 0 bridgehead atoms. The van der Waals surface area contributed by atoms with Crippen LogP contribution in [0.4, 0.5) is 0 Å². The minimum Gasteiger partial charge on any atom is -0.379 e. The van der Waals surface area contributed by atoms with Gasteiger partial charge in [0, 0.05) is 13.2 Å². The van der Waals surface area contributed by atoms with Crippen molar-refractivity contribution in [1.29, 1.82) is 5.41 Å². The number of ether oxygens (including phenoxy) is 1. The van der Waals surface area contributed by atoms with Crippen molar-refractivity contribution in [3.05, 3.63) is 0 Å². The van der Waals surface area contributed by atoms with Gasteiger partial charge in [0.1, 0.15) is 0 Å². The zero-order chi connectivity index (χ0) is 10.6. The molecular weight excluding hydrogens is 182 g/mol. The van der Waals surface area contributed by atoms with E-state index in [1.54, 1.807) is 0 Å². The summed E-state index contributed by atoms with van der Waals surface area (Å²) >= 11 is 0. The first-order valence-electron chi connectivity index (χ1n) is 4.64. The first-order valence-corrected chi connectivity index (χ1v) is 4.64. The Labute approximate surface area is 83.4 Å². The fraction of sp³-hybridized carbons (Fsp3) is 0.750. The van der Waals surface area contributed by atoms with E-state index in [9.17, 15) is 0 Å². The van der Waals surface area contributed by atoms with Crippen LogP contribution in [-0.4, -0.2) is 42.6 Å². The van der Waals surface area contributed by atoms with Crippen molar-refractivity contribution >= 4 is 11.9 Å². The van der Waals surface area contributed by atoms with E-state index in [1.165, 1.54) is 0 Å². The molecule has 80 valence electrons. The third kappa shape index (κ3) is 2.88. The van der Waals surface area contributed by atoms with Crippen LogP contribution in [0.3, 0.4) is 0 Å². The highest BCUT2D eigenvalue weighted by atomic mass is 16.5. The number of nitrogens with one attached hydrogen (secondary N) is 1. The Hall–Kier alpha value is -1.30. The summed E-state index contributed by atoms with van der Waals surface area (Å²) in [4.78, 5) is 5.56. The van der Waals surface area contributed by atoms with E-state index in [1.807, 2.05) is 11.8 Å². The lowest BCUT2D eigenvalue weighted by Crippen LogP contribution is -2.40. The van der Waals surface area contributed by atoms with E-state index in [2.05, 4.69) is 4.99 Å². The number of nitrogens with zero attached hydrogens (tertiary/aromatic N) is 2. The molecule has 1 rings (SSSR count). The SMILES string of the molecule is CC1COCCCN1C(=N)N=C(N)N. The molecule has 6 nitrogen and oxygen atoms in total. The molecule has 14 heavy (non-hydrogen) atoms. The second kappa shape index (κ2) is 4.80. The molecule has 6 heteroatoms. The molecule has 1 fully saturated rings. The van der Waals surface area contributed by atoms with Crippen molar-refractivity contribution < 1.29 is 4.74 Å². The van der Waals surface area contributed by atoms with Crippen LogP contribution in [0.15, 0.2) is 4.99 Å². The van der Waals surface area contributed by atoms with Crippen LogP contribution in [0.2, 0.25) is 0 Å². The van der Waals surface area contributed by atoms with Crippen LogP contribution < -0.4 is 11.5 Å². The summed E-state index contributed by atoms with van der Waals surface area (Å²) in [5, 5.41) is 7.66. The smallest absolute Gasteiger partial charge is 0.221 e. The molecule has 0 aromatic carbocycles. The Morgan fingerprint density at radius 2 is 2.29 bits per heavy atom. The van der Waals surface area contributed by atoms with Crippen LogP contribution in [0, 0.1) is 5.41 Å². The average Bonchev–Trinajstić information content (AvgIpc) is 2.28. The summed E-state index contributed by atoms with van der Waals surface area (Å²) in [5.74, 6) is 0.0374. The fourth-order valence-corrected chi connectivity index (χ4v) is 1.40.